The Balaban J connectivity index is 1.61. The van der Waals surface area contributed by atoms with Crippen molar-refractivity contribution < 1.29 is 4.74 Å². The Morgan fingerprint density at radius 3 is 2.79 bits per heavy atom. The minimum atomic E-state index is 0.507. The third-order valence-corrected chi connectivity index (χ3v) is 4.04. The second kappa shape index (κ2) is 7.88. The van der Waals surface area contributed by atoms with Crippen LogP contribution in [0.3, 0.4) is 0 Å². The summed E-state index contributed by atoms with van der Waals surface area (Å²) in [6.45, 7) is 4.72. The lowest BCUT2D eigenvalue weighted by molar-refractivity contribution is 0.0302. The van der Waals surface area contributed by atoms with Crippen LogP contribution in [0, 0.1) is 6.92 Å². The Kier molecular flexibility index (Phi) is 6.15. The first-order chi connectivity index (χ1) is 9.25. The molecule has 1 aliphatic carbocycles. The highest BCUT2D eigenvalue weighted by atomic mass is 35.5. The summed E-state index contributed by atoms with van der Waals surface area (Å²) in [6.07, 6.45) is 7.05. The Morgan fingerprint density at radius 1 is 1.26 bits per heavy atom. The molecule has 1 aliphatic rings. The summed E-state index contributed by atoms with van der Waals surface area (Å²) in [4.78, 5) is 0. The average molecular weight is 282 g/mol. The van der Waals surface area contributed by atoms with Crippen LogP contribution in [0.5, 0.6) is 0 Å². The summed E-state index contributed by atoms with van der Waals surface area (Å²) in [7, 11) is 0. The van der Waals surface area contributed by atoms with Crippen LogP contribution in [0.15, 0.2) is 18.2 Å². The summed E-state index contributed by atoms with van der Waals surface area (Å²) in [5.74, 6) is 0. The van der Waals surface area contributed by atoms with Gasteiger partial charge in [-0.2, -0.15) is 0 Å². The van der Waals surface area contributed by atoms with Gasteiger partial charge >= 0.3 is 0 Å². The molecule has 1 fully saturated rings. The first-order valence-corrected chi connectivity index (χ1v) is 7.71. The summed E-state index contributed by atoms with van der Waals surface area (Å²) in [5.41, 5.74) is 2.55. The molecule has 2 nitrogen and oxygen atoms in total. The van der Waals surface area contributed by atoms with Crippen molar-refractivity contribution in [3.63, 3.8) is 0 Å². The predicted octanol–water partition coefficient (Wildman–Crippen LogP) is 4.09. The fourth-order valence-electron chi connectivity index (χ4n) is 2.61. The minimum absolute atomic E-state index is 0.507. The third-order valence-electron chi connectivity index (χ3n) is 3.80. The zero-order chi connectivity index (χ0) is 13.5. The molecule has 0 aromatic heterocycles. The maximum atomic E-state index is 5.95. The Bertz CT molecular complexity index is 388. The lowest BCUT2D eigenvalue weighted by Gasteiger charge is -2.22. The molecule has 0 unspecified atom stereocenters. The zero-order valence-corrected chi connectivity index (χ0v) is 12.5. The van der Waals surface area contributed by atoms with Crippen LogP contribution < -0.4 is 5.32 Å². The van der Waals surface area contributed by atoms with E-state index in [4.69, 9.17) is 16.3 Å². The van der Waals surface area contributed by atoms with Crippen molar-refractivity contribution in [2.45, 2.75) is 51.7 Å². The number of halogens is 1. The van der Waals surface area contributed by atoms with Crippen LogP contribution in [-0.4, -0.2) is 19.3 Å². The highest BCUT2D eigenvalue weighted by Gasteiger charge is 2.12. The van der Waals surface area contributed by atoms with Gasteiger partial charge in [-0.3, -0.25) is 0 Å². The van der Waals surface area contributed by atoms with Gasteiger partial charge in [0, 0.05) is 18.1 Å². The van der Waals surface area contributed by atoms with Crippen molar-refractivity contribution in [1.29, 1.82) is 0 Å². The smallest absolute Gasteiger partial charge is 0.0594 e. The predicted molar refractivity (Wildman–Crippen MR) is 80.7 cm³/mol. The van der Waals surface area contributed by atoms with Crippen molar-refractivity contribution >= 4 is 11.6 Å². The molecule has 1 aromatic rings. The number of rotatable bonds is 6. The SMILES string of the molecule is Cc1cc(Cl)ccc1CNCCOC1CCCCC1. The van der Waals surface area contributed by atoms with Gasteiger partial charge in [-0.15, -0.1) is 0 Å². The van der Waals surface area contributed by atoms with Crippen molar-refractivity contribution in [3.05, 3.63) is 34.3 Å². The molecule has 1 saturated carbocycles. The van der Waals surface area contributed by atoms with E-state index in [1.165, 1.54) is 43.2 Å². The van der Waals surface area contributed by atoms with E-state index in [1.54, 1.807) is 0 Å². The minimum Gasteiger partial charge on any atom is -0.377 e. The number of hydrogen-bond donors (Lipinski definition) is 1. The largest absolute Gasteiger partial charge is 0.377 e. The maximum absolute atomic E-state index is 5.95. The molecular formula is C16H24ClNO. The average Bonchev–Trinajstić information content (AvgIpc) is 2.42. The molecule has 1 aromatic carbocycles. The first-order valence-electron chi connectivity index (χ1n) is 7.33. The quantitative estimate of drug-likeness (QED) is 0.793. The van der Waals surface area contributed by atoms with E-state index in [9.17, 15) is 0 Å². The van der Waals surface area contributed by atoms with Gasteiger partial charge in [0.05, 0.1) is 12.7 Å². The van der Waals surface area contributed by atoms with Gasteiger partial charge in [-0.25, -0.2) is 0 Å². The van der Waals surface area contributed by atoms with Gasteiger partial charge in [-0.05, 0) is 43.0 Å². The Morgan fingerprint density at radius 2 is 2.05 bits per heavy atom. The summed E-state index contributed by atoms with van der Waals surface area (Å²) in [5, 5.41) is 4.24. The topological polar surface area (TPSA) is 21.3 Å². The summed E-state index contributed by atoms with van der Waals surface area (Å²) in [6, 6.07) is 6.05. The zero-order valence-electron chi connectivity index (χ0n) is 11.8. The monoisotopic (exact) mass is 281 g/mol. The lowest BCUT2D eigenvalue weighted by Crippen LogP contribution is -2.24. The lowest BCUT2D eigenvalue weighted by atomic mass is 9.98. The second-order valence-electron chi connectivity index (χ2n) is 5.38. The first kappa shape index (κ1) is 14.8. The molecule has 0 bridgehead atoms. The number of aryl methyl sites for hydroxylation is 1. The molecule has 0 heterocycles. The van der Waals surface area contributed by atoms with Gasteiger partial charge in [-0.1, -0.05) is 36.9 Å². The van der Waals surface area contributed by atoms with Crippen molar-refractivity contribution in [2.24, 2.45) is 0 Å². The normalized spacial score (nSPS) is 16.7. The number of hydrogen-bond acceptors (Lipinski definition) is 2. The van der Waals surface area contributed by atoms with Gasteiger partial charge in [0.1, 0.15) is 0 Å². The summed E-state index contributed by atoms with van der Waals surface area (Å²) >= 11 is 5.95. The van der Waals surface area contributed by atoms with Crippen LogP contribution in [0.25, 0.3) is 0 Å². The van der Waals surface area contributed by atoms with Crippen LogP contribution in [0.4, 0.5) is 0 Å². The van der Waals surface area contributed by atoms with Gasteiger partial charge < -0.3 is 10.1 Å². The van der Waals surface area contributed by atoms with E-state index in [0.717, 1.165) is 24.7 Å². The fourth-order valence-corrected chi connectivity index (χ4v) is 2.84. The summed E-state index contributed by atoms with van der Waals surface area (Å²) < 4.78 is 5.89. The van der Waals surface area contributed by atoms with E-state index < -0.39 is 0 Å². The molecule has 0 saturated heterocycles. The van der Waals surface area contributed by atoms with Crippen LogP contribution in [-0.2, 0) is 11.3 Å². The van der Waals surface area contributed by atoms with E-state index in [2.05, 4.69) is 18.3 Å². The highest BCUT2D eigenvalue weighted by molar-refractivity contribution is 6.30. The number of ether oxygens (including phenoxy) is 1. The number of benzene rings is 1. The molecule has 0 amide bonds. The highest BCUT2D eigenvalue weighted by Crippen LogP contribution is 2.20. The van der Waals surface area contributed by atoms with Crippen molar-refractivity contribution in [3.8, 4) is 0 Å². The van der Waals surface area contributed by atoms with E-state index in [0.29, 0.717) is 6.10 Å². The third kappa shape index (κ3) is 5.13. The Hall–Kier alpha value is -0.570. The molecule has 0 spiro atoms. The molecule has 1 N–H and O–H groups in total. The van der Waals surface area contributed by atoms with Gasteiger partial charge in [0.15, 0.2) is 0 Å². The van der Waals surface area contributed by atoms with E-state index >= 15 is 0 Å². The maximum Gasteiger partial charge on any atom is 0.0594 e. The molecule has 19 heavy (non-hydrogen) atoms. The van der Waals surface area contributed by atoms with E-state index in [1.807, 2.05) is 12.1 Å². The van der Waals surface area contributed by atoms with Crippen molar-refractivity contribution in [1.82, 2.24) is 5.32 Å². The fraction of sp³-hybridized carbons (Fsp3) is 0.625. The molecule has 0 atom stereocenters. The molecule has 2 rings (SSSR count). The van der Waals surface area contributed by atoms with Gasteiger partial charge in [0.25, 0.3) is 0 Å². The van der Waals surface area contributed by atoms with Crippen LogP contribution >= 0.6 is 11.6 Å². The van der Waals surface area contributed by atoms with Crippen molar-refractivity contribution in [2.75, 3.05) is 13.2 Å². The Labute approximate surface area is 121 Å². The van der Waals surface area contributed by atoms with Crippen LogP contribution in [0.1, 0.15) is 43.2 Å². The van der Waals surface area contributed by atoms with Crippen LogP contribution in [0.2, 0.25) is 5.02 Å². The molecule has 3 heteroatoms. The molecule has 0 radical (unpaired) electrons. The van der Waals surface area contributed by atoms with E-state index in [-0.39, 0.29) is 0 Å². The molecule has 0 aliphatic heterocycles. The molecular weight excluding hydrogens is 258 g/mol. The van der Waals surface area contributed by atoms with Gasteiger partial charge in [0.2, 0.25) is 0 Å². The standard InChI is InChI=1S/C16H24ClNO/c1-13-11-15(17)8-7-14(13)12-18-9-10-19-16-5-3-2-4-6-16/h7-8,11,16,18H,2-6,9-10,12H2,1H3. The number of nitrogens with one attached hydrogen (secondary N) is 1. The molecule has 106 valence electrons. The second-order valence-corrected chi connectivity index (χ2v) is 5.81.